The van der Waals surface area contributed by atoms with E-state index in [1.807, 2.05) is 36.4 Å². The Balaban J connectivity index is 2.13. The number of nitrogens with zero attached hydrogens (tertiary/aromatic N) is 1. The van der Waals surface area contributed by atoms with Gasteiger partial charge in [0.25, 0.3) is 0 Å². The van der Waals surface area contributed by atoms with Crippen LogP contribution in [0.4, 0.5) is 0 Å². The molecule has 0 radical (unpaired) electrons. The number of benzene rings is 2. The first-order chi connectivity index (χ1) is 9.28. The zero-order valence-corrected chi connectivity index (χ0v) is 10.8. The molecule has 0 amide bonds. The molecule has 0 saturated carbocycles. The summed E-state index contributed by atoms with van der Waals surface area (Å²) in [6, 6.07) is 15.4. The molecule has 0 aliphatic rings. The van der Waals surface area contributed by atoms with Gasteiger partial charge in [-0.25, -0.2) is 0 Å². The largest absolute Gasteiger partial charge is 0.298 e. The van der Waals surface area contributed by atoms with Crippen LogP contribution in [0.15, 0.2) is 54.7 Å². The Labute approximate surface area is 115 Å². The van der Waals surface area contributed by atoms with Gasteiger partial charge in [0.1, 0.15) is 0 Å². The normalized spacial score (nSPS) is 10.6. The maximum Gasteiger partial charge on any atom is 0.151 e. The maximum absolute atomic E-state index is 10.8. The second-order valence-electron chi connectivity index (χ2n) is 4.27. The van der Waals surface area contributed by atoms with Crippen molar-refractivity contribution in [3.05, 3.63) is 65.3 Å². The van der Waals surface area contributed by atoms with Crippen molar-refractivity contribution >= 4 is 28.8 Å². The topological polar surface area (TPSA) is 30.0 Å². The average Bonchev–Trinajstić information content (AvgIpc) is 2.46. The number of carbonyl (C=O) groups excluding carboxylic acids is 1. The Morgan fingerprint density at radius 2 is 1.79 bits per heavy atom. The van der Waals surface area contributed by atoms with Crippen molar-refractivity contribution in [3.63, 3.8) is 0 Å². The molecule has 3 aromatic rings. The van der Waals surface area contributed by atoms with Gasteiger partial charge in [-0.1, -0.05) is 35.9 Å². The minimum Gasteiger partial charge on any atom is -0.298 e. The van der Waals surface area contributed by atoms with Crippen molar-refractivity contribution in [2.75, 3.05) is 0 Å². The average molecular weight is 268 g/mol. The molecule has 3 heteroatoms. The minimum atomic E-state index is 0.466. The molecule has 0 fully saturated rings. The molecular weight excluding hydrogens is 258 g/mol. The summed E-state index contributed by atoms with van der Waals surface area (Å²) in [5.74, 6) is 0. The fraction of sp³-hybridized carbons (Fsp3) is 0. The summed E-state index contributed by atoms with van der Waals surface area (Å²) in [4.78, 5) is 15.1. The van der Waals surface area contributed by atoms with E-state index in [1.165, 1.54) is 0 Å². The summed E-state index contributed by atoms with van der Waals surface area (Å²) in [5, 5.41) is 1.57. The number of hydrogen-bond acceptors (Lipinski definition) is 2. The van der Waals surface area contributed by atoms with Crippen molar-refractivity contribution in [1.82, 2.24) is 4.98 Å². The highest BCUT2D eigenvalue weighted by Crippen LogP contribution is 2.27. The molecule has 0 spiro atoms. The summed E-state index contributed by atoms with van der Waals surface area (Å²) >= 11 is 6.05. The van der Waals surface area contributed by atoms with Crippen molar-refractivity contribution in [2.24, 2.45) is 0 Å². The molecule has 2 aromatic carbocycles. The Bertz CT molecular complexity index is 768. The fourth-order valence-electron chi connectivity index (χ4n) is 2.05. The first-order valence-corrected chi connectivity index (χ1v) is 6.25. The number of aldehydes is 1. The van der Waals surface area contributed by atoms with Crippen LogP contribution in [0, 0.1) is 0 Å². The Morgan fingerprint density at radius 3 is 2.58 bits per heavy atom. The Morgan fingerprint density at radius 1 is 1.00 bits per heavy atom. The predicted octanol–water partition coefficient (Wildman–Crippen LogP) is 4.37. The molecule has 0 atom stereocenters. The lowest BCUT2D eigenvalue weighted by Gasteiger charge is -2.05. The third-order valence-corrected chi connectivity index (χ3v) is 3.39. The molecule has 0 N–H and O–H groups in total. The van der Waals surface area contributed by atoms with Crippen LogP contribution >= 0.6 is 11.6 Å². The first-order valence-electron chi connectivity index (χ1n) is 5.88. The summed E-state index contributed by atoms with van der Waals surface area (Å²) in [6.07, 6.45) is 2.53. The number of carbonyl (C=O) groups is 1. The van der Waals surface area contributed by atoms with E-state index in [9.17, 15) is 4.79 Å². The summed E-state index contributed by atoms with van der Waals surface area (Å²) in [7, 11) is 0. The van der Waals surface area contributed by atoms with Crippen molar-refractivity contribution in [3.8, 4) is 11.1 Å². The minimum absolute atomic E-state index is 0.466. The lowest BCUT2D eigenvalue weighted by molar-refractivity contribution is 0.112. The number of rotatable bonds is 2. The van der Waals surface area contributed by atoms with Crippen LogP contribution in [0.5, 0.6) is 0 Å². The van der Waals surface area contributed by atoms with E-state index < -0.39 is 0 Å². The second kappa shape index (κ2) is 4.82. The number of hydrogen-bond donors (Lipinski definition) is 0. The Hall–Kier alpha value is -2.19. The van der Waals surface area contributed by atoms with Crippen LogP contribution in [0.2, 0.25) is 5.02 Å². The van der Waals surface area contributed by atoms with Gasteiger partial charge in [0.15, 0.2) is 6.29 Å². The van der Waals surface area contributed by atoms with Gasteiger partial charge in [-0.2, -0.15) is 0 Å². The fourth-order valence-corrected chi connectivity index (χ4v) is 2.27. The summed E-state index contributed by atoms with van der Waals surface area (Å²) in [6.45, 7) is 0. The van der Waals surface area contributed by atoms with Gasteiger partial charge in [0, 0.05) is 17.1 Å². The lowest BCUT2D eigenvalue weighted by atomic mass is 10.0. The monoisotopic (exact) mass is 267 g/mol. The molecule has 1 heterocycles. The molecule has 2 nitrogen and oxygen atoms in total. The highest BCUT2D eigenvalue weighted by molar-refractivity contribution is 6.33. The van der Waals surface area contributed by atoms with Crippen molar-refractivity contribution in [2.45, 2.75) is 0 Å². The molecule has 19 heavy (non-hydrogen) atoms. The van der Waals surface area contributed by atoms with E-state index in [2.05, 4.69) is 4.98 Å². The number of pyridine rings is 1. The number of halogens is 1. The van der Waals surface area contributed by atoms with Crippen LogP contribution in [-0.2, 0) is 0 Å². The van der Waals surface area contributed by atoms with Gasteiger partial charge in [-0.05, 0) is 35.4 Å². The predicted molar refractivity (Wildman–Crippen MR) is 77.6 cm³/mol. The van der Waals surface area contributed by atoms with Gasteiger partial charge in [0.05, 0.1) is 10.5 Å². The van der Waals surface area contributed by atoms with Crippen LogP contribution in [-0.4, -0.2) is 11.3 Å². The second-order valence-corrected chi connectivity index (χ2v) is 4.67. The van der Waals surface area contributed by atoms with E-state index >= 15 is 0 Å². The van der Waals surface area contributed by atoms with E-state index in [4.69, 9.17) is 11.6 Å². The van der Waals surface area contributed by atoms with Crippen LogP contribution in [0.1, 0.15) is 10.4 Å². The van der Waals surface area contributed by atoms with E-state index in [0.29, 0.717) is 10.6 Å². The van der Waals surface area contributed by atoms with Crippen molar-refractivity contribution in [1.29, 1.82) is 0 Å². The van der Waals surface area contributed by atoms with Crippen LogP contribution in [0.3, 0.4) is 0 Å². The zero-order chi connectivity index (χ0) is 13.2. The maximum atomic E-state index is 10.8. The van der Waals surface area contributed by atoms with Gasteiger partial charge in [0.2, 0.25) is 0 Å². The SMILES string of the molecule is O=Cc1ccc(-c2ccc3cccnc3c2)cc1Cl. The number of aromatic nitrogens is 1. The van der Waals surface area contributed by atoms with Crippen LogP contribution in [0.25, 0.3) is 22.0 Å². The molecule has 0 aliphatic heterocycles. The highest BCUT2D eigenvalue weighted by atomic mass is 35.5. The molecule has 1 aromatic heterocycles. The van der Waals surface area contributed by atoms with E-state index in [0.717, 1.165) is 28.3 Å². The third-order valence-electron chi connectivity index (χ3n) is 3.07. The molecule has 0 saturated heterocycles. The summed E-state index contributed by atoms with van der Waals surface area (Å²) < 4.78 is 0. The molecular formula is C16H10ClNO. The molecule has 92 valence electrons. The van der Waals surface area contributed by atoms with Gasteiger partial charge in [-0.3, -0.25) is 9.78 Å². The van der Waals surface area contributed by atoms with E-state index in [1.54, 1.807) is 18.3 Å². The zero-order valence-electron chi connectivity index (χ0n) is 10.0. The number of fused-ring (bicyclic) bond motifs is 1. The smallest absolute Gasteiger partial charge is 0.151 e. The molecule has 3 rings (SSSR count). The van der Waals surface area contributed by atoms with Crippen molar-refractivity contribution < 1.29 is 4.79 Å². The standard InChI is InChI=1S/C16H10ClNO/c17-15-8-12(5-6-14(15)10-19)13-4-3-11-2-1-7-18-16(11)9-13/h1-10H. The van der Waals surface area contributed by atoms with Gasteiger partial charge < -0.3 is 0 Å². The molecule has 0 bridgehead atoms. The lowest BCUT2D eigenvalue weighted by Crippen LogP contribution is -1.85. The Kier molecular flexibility index (Phi) is 3.02. The highest BCUT2D eigenvalue weighted by Gasteiger charge is 2.04. The molecule has 0 unspecified atom stereocenters. The van der Waals surface area contributed by atoms with E-state index in [-0.39, 0.29) is 0 Å². The first kappa shape index (κ1) is 11.9. The van der Waals surface area contributed by atoms with Gasteiger partial charge >= 0.3 is 0 Å². The van der Waals surface area contributed by atoms with Gasteiger partial charge in [-0.15, -0.1) is 0 Å². The summed E-state index contributed by atoms with van der Waals surface area (Å²) in [5.41, 5.74) is 3.45. The molecule has 0 aliphatic carbocycles. The quantitative estimate of drug-likeness (QED) is 0.646. The third kappa shape index (κ3) is 2.23. The van der Waals surface area contributed by atoms with Crippen LogP contribution < -0.4 is 0 Å².